The van der Waals surface area contributed by atoms with Crippen molar-refractivity contribution in [1.29, 1.82) is 0 Å². The normalized spacial score (nSPS) is 12.1. The van der Waals surface area contributed by atoms with Crippen molar-refractivity contribution >= 4 is 11.6 Å². The molecule has 0 atom stereocenters. The van der Waals surface area contributed by atoms with Gasteiger partial charge in [-0.05, 0) is 6.92 Å². The number of rotatable bonds is 0. The van der Waals surface area contributed by atoms with Crippen LogP contribution in [0.2, 0.25) is 5.15 Å². The summed E-state index contributed by atoms with van der Waals surface area (Å²) in [5.74, 6) is 0. The second-order valence-corrected chi connectivity index (χ2v) is 2.36. The molecule has 2 nitrogen and oxygen atoms in total. The molecule has 0 bridgehead atoms. The van der Waals surface area contributed by atoms with E-state index in [9.17, 15) is 13.2 Å². The van der Waals surface area contributed by atoms with Crippen molar-refractivity contribution in [3.05, 3.63) is 16.9 Å². The monoisotopic (exact) mass is 184 g/mol. The third-order valence-corrected chi connectivity index (χ3v) is 1.58. The van der Waals surface area contributed by atoms with E-state index < -0.39 is 11.5 Å². The zero-order chi connectivity index (χ0) is 8.65. The van der Waals surface area contributed by atoms with Crippen LogP contribution in [0.15, 0.2) is 6.20 Å². The van der Waals surface area contributed by atoms with Crippen molar-refractivity contribution in [1.82, 2.24) is 9.78 Å². The van der Waals surface area contributed by atoms with E-state index in [1.54, 1.807) is 0 Å². The lowest BCUT2D eigenvalue weighted by Gasteiger charge is -2.05. The fraction of sp³-hybridized carbons (Fsp3) is 0.400. The van der Waals surface area contributed by atoms with Crippen LogP contribution in [0, 0.1) is 6.92 Å². The van der Waals surface area contributed by atoms with E-state index in [-0.39, 0.29) is 4.68 Å². The first-order valence-corrected chi connectivity index (χ1v) is 3.08. The van der Waals surface area contributed by atoms with E-state index in [4.69, 9.17) is 11.6 Å². The van der Waals surface area contributed by atoms with E-state index >= 15 is 0 Å². The molecule has 11 heavy (non-hydrogen) atoms. The Kier molecular flexibility index (Phi) is 1.83. The lowest BCUT2D eigenvalue weighted by molar-refractivity contribution is -0.212. The van der Waals surface area contributed by atoms with Gasteiger partial charge in [0, 0.05) is 5.56 Å². The Labute approximate surface area is 65.6 Å². The number of halogens is 4. The van der Waals surface area contributed by atoms with Crippen LogP contribution in [0.3, 0.4) is 0 Å². The minimum Gasteiger partial charge on any atom is -0.172 e. The summed E-state index contributed by atoms with van der Waals surface area (Å²) in [7, 11) is 0. The van der Waals surface area contributed by atoms with Gasteiger partial charge in [-0.2, -0.15) is 9.78 Å². The summed E-state index contributed by atoms with van der Waals surface area (Å²) in [6, 6.07) is 0. The van der Waals surface area contributed by atoms with Gasteiger partial charge < -0.3 is 0 Å². The molecular weight excluding hydrogens is 181 g/mol. The first-order valence-electron chi connectivity index (χ1n) is 2.70. The minimum atomic E-state index is -4.52. The van der Waals surface area contributed by atoms with Gasteiger partial charge in [0.05, 0.1) is 6.20 Å². The van der Waals surface area contributed by atoms with Crippen LogP contribution in [0.1, 0.15) is 5.56 Å². The molecule has 0 N–H and O–H groups in total. The Morgan fingerprint density at radius 2 is 2.09 bits per heavy atom. The van der Waals surface area contributed by atoms with Crippen molar-refractivity contribution in [2.45, 2.75) is 13.2 Å². The number of aromatic nitrogens is 2. The SMILES string of the molecule is Cc1cnn(C(F)(F)F)c1Cl. The molecule has 1 rings (SSSR count). The Hall–Kier alpha value is -0.710. The summed E-state index contributed by atoms with van der Waals surface area (Å²) < 4.78 is 35.5. The van der Waals surface area contributed by atoms with E-state index in [0.717, 1.165) is 6.20 Å². The first kappa shape index (κ1) is 8.39. The average molecular weight is 185 g/mol. The molecule has 0 saturated heterocycles. The third kappa shape index (κ3) is 1.48. The van der Waals surface area contributed by atoms with Gasteiger partial charge in [-0.1, -0.05) is 11.6 Å². The highest BCUT2D eigenvalue weighted by Crippen LogP contribution is 2.27. The molecule has 1 aromatic heterocycles. The highest BCUT2D eigenvalue weighted by atomic mass is 35.5. The van der Waals surface area contributed by atoms with Crippen LogP contribution in [-0.2, 0) is 6.30 Å². The van der Waals surface area contributed by atoms with Crippen LogP contribution in [0.5, 0.6) is 0 Å². The van der Waals surface area contributed by atoms with Crippen molar-refractivity contribution < 1.29 is 13.2 Å². The second kappa shape index (κ2) is 2.41. The summed E-state index contributed by atoms with van der Waals surface area (Å²) in [5.41, 5.74) is 0.309. The molecule has 0 spiro atoms. The zero-order valence-corrected chi connectivity index (χ0v) is 6.24. The lowest BCUT2D eigenvalue weighted by atomic mass is 10.4. The summed E-state index contributed by atoms with van der Waals surface area (Å²) in [4.78, 5) is 0. The molecule has 62 valence electrons. The van der Waals surface area contributed by atoms with Crippen LogP contribution in [-0.4, -0.2) is 9.78 Å². The van der Waals surface area contributed by atoms with Gasteiger partial charge in [-0.3, -0.25) is 0 Å². The molecule has 1 aromatic rings. The predicted molar refractivity (Wildman–Crippen MR) is 33.3 cm³/mol. The molecule has 0 aliphatic rings. The third-order valence-electron chi connectivity index (χ3n) is 1.12. The fourth-order valence-corrected chi connectivity index (χ4v) is 0.780. The number of hydrogen-bond acceptors (Lipinski definition) is 1. The van der Waals surface area contributed by atoms with E-state index in [1.165, 1.54) is 6.92 Å². The topological polar surface area (TPSA) is 17.8 Å². The van der Waals surface area contributed by atoms with Crippen molar-refractivity contribution in [2.24, 2.45) is 0 Å². The lowest BCUT2D eigenvalue weighted by Crippen LogP contribution is -2.18. The van der Waals surface area contributed by atoms with E-state index in [0.29, 0.717) is 5.56 Å². The van der Waals surface area contributed by atoms with Gasteiger partial charge in [0.25, 0.3) is 0 Å². The molecule has 0 saturated carbocycles. The summed E-state index contributed by atoms with van der Waals surface area (Å²) >= 11 is 5.27. The summed E-state index contributed by atoms with van der Waals surface area (Å²) in [5, 5.41) is 2.66. The van der Waals surface area contributed by atoms with Gasteiger partial charge in [0.15, 0.2) is 0 Å². The molecule has 0 aliphatic heterocycles. The van der Waals surface area contributed by atoms with Gasteiger partial charge in [0.2, 0.25) is 0 Å². The first-order chi connectivity index (χ1) is 4.93. The van der Waals surface area contributed by atoms with E-state index in [2.05, 4.69) is 5.10 Å². The van der Waals surface area contributed by atoms with Crippen LogP contribution < -0.4 is 0 Å². The quantitative estimate of drug-likeness (QED) is 0.605. The Morgan fingerprint density at radius 1 is 1.55 bits per heavy atom. The molecule has 0 radical (unpaired) electrons. The summed E-state index contributed by atoms with van der Waals surface area (Å²) in [6.45, 7) is 1.46. The fourth-order valence-electron chi connectivity index (χ4n) is 0.592. The molecule has 0 unspecified atom stereocenters. The second-order valence-electron chi connectivity index (χ2n) is 2.00. The molecular formula is C5H4ClF3N2. The van der Waals surface area contributed by atoms with Crippen molar-refractivity contribution in [2.75, 3.05) is 0 Å². The van der Waals surface area contributed by atoms with Gasteiger partial charge in [0.1, 0.15) is 5.15 Å². The maximum Gasteiger partial charge on any atom is 0.505 e. The number of hydrogen-bond donors (Lipinski definition) is 0. The average Bonchev–Trinajstić information content (AvgIpc) is 2.11. The Bertz CT molecular complexity index is 265. The van der Waals surface area contributed by atoms with Crippen LogP contribution >= 0.6 is 11.6 Å². The summed E-state index contributed by atoms with van der Waals surface area (Å²) in [6.07, 6.45) is -3.46. The highest BCUT2D eigenvalue weighted by molar-refractivity contribution is 6.30. The molecule has 1 heterocycles. The Morgan fingerprint density at radius 3 is 2.27 bits per heavy atom. The molecule has 0 fully saturated rings. The maximum atomic E-state index is 11.9. The molecule has 0 aromatic carbocycles. The standard InChI is InChI=1S/C5H4ClF3N2/c1-3-2-10-11(4(3)6)5(7,8)9/h2H,1H3. The van der Waals surface area contributed by atoms with Crippen molar-refractivity contribution in [3.8, 4) is 0 Å². The smallest absolute Gasteiger partial charge is 0.172 e. The maximum absolute atomic E-state index is 11.9. The van der Waals surface area contributed by atoms with Gasteiger partial charge in [-0.15, -0.1) is 13.2 Å². The molecule has 0 aliphatic carbocycles. The largest absolute Gasteiger partial charge is 0.505 e. The molecule has 0 amide bonds. The van der Waals surface area contributed by atoms with E-state index in [1.807, 2.05) is 0 Å². The highest BCUT2D eigenvalue weighted by Gasteiger charge is 2.34. The number of nitrogens with zero attached hydrogens (tertiary/aromatic N) is 2. The van der Waals surface area contributed by atoms with Crippen molar-refractivity contribution in [3.63, 3.8) is 0 Å². The minimum absolute atomic E-state index is 0.177. The zero-order valence-electron chi connectivity index (χ0n) is 5.48. The van der Waals surface area contributed by atoms with Gasteiger partial charge in [-0.25, -0.2) is 0 Å². The Balaban J connectivity index is 3.15. The molecule has 6 heteroatoms. The van der Waals surface area contributed by atoms with Crippen LogP contribution in [0.25, 0.3) is 0 Å². The van der Waals surface area contributed by atoms with Gasteiger partial charge >= 0.3 is 6.30 Å². The predicted octanol–water partition coefficient (Wildman–Crippen LogP) is 2.32. The van der Waals surface area contributed by atoms with Crippen LogP contribution in [0.4, 0.5) is 13.2 Å². The number of aryl methyl sites for hydroxylation is 1. The number of alkyl halides is 3.